The summed E-state index contributed by atoms with van der Waals surface area (Å²) in [4.78, 5) is 49.5. The lowest BCUT2D eigenvalue weighted by molar-refractivity contribution is -0.155. The molecule has 0 saturated carbocycles. The van der Waals surface area contributed by atoms with Crippen LogP contribution in [0.5, 0.6) is 5.75 Å². The number of urea groups is 1. The highest BCUT2D eigenvalue weighted by Gasteiger charge is 2.47. The van der Waals surface area contributed by atoms with Crippen molar-refractivity contribution in [2.45, 2.75) is 45.8 Å². The van der Waals surface area contributed by atoms with Gasteiger partial charge in [-0.2, -0.15) is 0 Å². The minimum absolute atomic E-state index is 0.389. The van der Waals surface area contributed by atoms with Gasteiger partial charge in [-0.05, 0) is 44.9 Å². The number of methoxy groups -OCH3 is 1. The molecule has 4 amide bonds. The van der Waals surface area contributed by atoms with Crippen LogP contribution in [0, 0.1) is 6.92 Å². The molecule has 2 rings (SSSR count). The number of carbonyl (C=O) groups excluding carboxylic acids is 4. The molecule has 1 aromatic rings. The predicted octanol–water partition coefficient (Wildman–Crippen LogP) is 1.59. The Labute approximate surface area is 163 Å². The number of hydrogen-bond acceptors (Lipinski definition) is 6. The first kappa shape index (κ1) is 21.2. The molecule has 0 radical (unpaired) electrons. The Morgan fingerprint density at radius 3 is 2.57 bits per heavy atom. The van der Waals surface area contributed by atoms with E-state index < -0.39 is 42.0 Å². The third-order valence-corrected chi connectivity index (χ3v) is 4.63. The van der Waals surface area contributed by atoms with Gasteiger partial charge < -0.3 is 20.1 Å². The van der Waals surface area contributed by atoms with Gasteiger partial charge >= 0.3 is 12.0 Å². The van der Waals surface area contributed by atoms with Crippen molar-refractivity contribution in [1.29, 1.82) is 0 Å². The molecule has 28 heavy (non-hydrogen) atoms. The lowest BCUT2D eigenvalue weighted by Gasteiger charge is -2.19. The molecule has 0 aliphatic carbocycles. The zero-order valence-corrected chi connectivity index (χ0v) is 16.6. The molecule has 152 valence electrons. The molecule has 0 spiro atoms. The first-order valence-electron chi connectivity index (χ1n) is 8.90. The maximum absolute atomic E-state index is 12.3. The van der Waals surface area contributed by atoms with Crippen molar-refractivity contribution >= 4 is 29.5 Å². The lowest BCUT2D eigenvalue weighted by Crippen LogP contribution is -2.44. The Balaban J connectivity index is 1.97. The van der Waals surface area contributed by atoms with E-state index in [1.54, 1.807) is 26.0 Å². The Bertz CT molecular complexity index is 809. The summed E-state index contributed by atoms with van der Waals surface area (Å²) in [7, 11) is 1.48. The van der Waals surface area contributed by atoms with Crippen molar-refractivity contribution in [2.75, 3.05) is 19.0 Å². The number of hydrogen-bond donors (Lipinski definition) is 2. The Kier molecular flexibility index (Phi) is 6.27. The molecule has 1 heterocycles. The minimum Gasteiger partial charge on any atom is -0.495 e. The average molecular weight is 391 g/mol. The number of carbonyl (C=O) groups is 4. The first-order chi connectivity index (χ1) is 13.1. The van der Waals surface area contributed by atoms with Gasteiger partial charge in [0.05, 0.1) is 12.8 Å². The average Bonchev–Trinajstić information content (AvgIpc) is 2.85. The largest absolute Gasteiger partial charge is 0.495 e. The van der Waals surface area contributed by atoms with Crippen LogP contribution in [0.3, 0.4) is 0 Å². The van der Waals surface area contributed by atoms with Crippen LogP contribution in [-0.4, -0.2) is 54.0 Å². The second kappa shape index (κ2) is 8.28. The second-order valence-electron chi connectivity index (χ2n) is 6.83. The van der Waals surface area contributed by atoms with E-state index in [9.17, 15) is 19.2 Å². The summed E-state index contributed by atoms with van der Waals surface area (Å²) in [5.41, 5.74) is 0.323. The van der Waals surface area contributed by atoms with Crippen molar-refractivity contribution in [3.05, 3.63) is 23.8 Å². The molecule has 9 nitrogen and oxygen atoms in total. The molecular weight excluding hydrogens is 366 g/mol. The number of aryl methyl sites for hydroxylation is 1. The highest BCUT2D eigenvalue weighted by atomic mass is 16.5. The number of anilines is 1. The SMILES string of the molecule is CC[C@]1(C)NC(=O)N(CC(=O)O[C@@H](C)C(=O)Nc2cc(C)ccc2OC)C1=O. The van der Waals surface area contributed by atoms with Gasteiger partial charge in [-0.3, -0.25) is 19.3 Å². The van der Waals surface area contributed by atoms with Gasteiger partial charge in [0.1, 0.15) is 17.8 Å². The first-order valence-corrected chi connectivity index (χ1v) is 8.90. The molecular formula is C19H25N3O6. The van der Waals surface area contributed by atoms with Gasteiger partial charge in [0.15, 0.2) is 6.10 Å². The van der Waals surface area contributed by atoms with E-state index in [4.69, 9.17) is 9.47 Å². The summed E-state index contributed by atoms with van der Waals surface area (Å²) >= 11 is 0. The second-order valence-corrected chi connectivity index (χ2v) is 6.83. The van der Waals surface area contributed by atoms with Crippen molar-refractivity contribution in [3.8, 4) is 5.75 Å². The third-order valence-electron chi connectivity index (χ3n) is 4.63. The van der Waals surface area contributed by atoms with Gasteiger partial charge in [-0.25, -0.2) is 4.79 Å². The Morgan fingerprint density at radius 2 is 2.00 bits per heavy atom. The zero-order valence-electron chi connectivity index (χ0n) is 16.6. The van der Waals surface area contributed by atoms with E-state index in [0.717, 1.165) is 10.5 Å². The van der Waals surface area contributed by atoms with E-state index in [1.807, 2.05) is 13.0 Å². The number of rotatable bonds is 7. The Morgan fingerprint density at radius 1 is 1.32 bits per heavy atom. The highest BCUT2D eigenvalue weighted by molar-refractivity contribution is 6.08. The Hall–Kier alpha value is -3.10. The number of nitrogens with zero attached hydrogens (tertiary/aromatic N) is 1. The summed E-state index contributed by atoms with van der Waals surface area (Å²) < 4.78 is 10.3. The van der Waals surface area contributed by atoms with Crippen molar-refractivity contribution in [3.63, 3.8) is 0 Å². The summed E-state index contributed by atoms with van der Waals surface area (Å²) in [6.07, 6.45) is -0.740. The van der Waals surface area contributed by atoms with Crippen molar-refractivity contribution in [1.82, 2.24) is 10.2 Å². The summed E-state index contributed by atoms with van der Waals surface area (Å²) in [5, 5.41) is 5.19. The summed E-state index contributed by atoms with van der Waals surface area (Å²) in [6.45, 7) is 6.04. The maximum atomic E-state index is 12.3. The molecule has 9 heteroatoms. The number of benzene rings is 1. The topological polar surface area (TPSA) is 114 Å². The zero-order chi connectivity index (χ0) is 21.1. The van der Waals surface area contributed by atoms with Gasteiger partial charge in [-0.1, -0.05) is 13.0 Å². The molecule has 2 N–H and O–H groups in total. The number of imide groups is 1. The highest BCUT2D eigenvalue weighted by Crippen LogP contribution is 2.25. The molecule has 1 fully saturated rings. The van der Waals surface area contributed by atoms with Crippen LogP contribution in [-0.2, 0) is 19.1 Å². The molecule has 1 aliphatic heterocycles. The van der Waals surface area contributed by atoms with E-state index in [2.05, 4.69) is 10.6 Å². The number of nitrogens with one attached hydrogen (secondary N) is 2. The van der Waals surface area contributed by atoms with Crippen molar-refractivity contribution in [2.24, 2.45) is 0 Å². The predicted molar refractivity (Wildman–Crippen MR) is 101 cm³/mol. The van der Waals surface area contributed by atoms with Gasteiger partial charge in [0.25, 0.3) is 11.8 Å². The lowest BCUT2D eigenvalue weighted by atomic mass is 9.99. The fourth-order valence-electron chi connectivity index (χ4n) is 2.70. The summed E-state index contributed by atoms with van der Waals surface area (Å²) in [5.74, 6) is -1.45. The van der Waals surface area contributed by atoms with E-state index in [-0.39, 0.29) is 0 Å². The molecule has 2 atom stereocenters. The van der Waals surface area contributed by atoms with Gasteiger partial charge in [0, 0.05) is 0 Å². The van der Waals surface area contributed by atoms with Gasteiger partial charge in [0.2, 0.25) is 0 Å². The molecule has 0 bridgehead atoms. The van der Waals surface area contributed by atoms with Crippen LogP contribution in [0.2, 0.25) is 0 Å². The van der Waals surface area contributed by atoms with Crippen LogP contribution in [0.4, 0.5) is 10.5 Å². The van der Waals surface area contributed by atoms with Crippen LogP contribution in [0.15, 0.2) is 18.2 Å². The minimum atomic E-state index is -1.13. The van der Waals surface area contributed by atoms with Crippen LogP contribution < -0.4 is 15.4 Å². The van der Waals surface area contributed by atoms with E-state index in [0.29, 0.717) is 17.9 Å². The molecule has 0 aromatic heterocycles. The standard InChI is InChI=1S/C19H25N3O6/c1-6-19(4)17(25)22(18(26)21-19)10-15(23)28-12(3)16(24)20-13-9-11(2)7-8-14(13)27-5/h7-9,12H,6,10H2,1-5H3,(H,20,24)(H,21,26)/t12-,19-/m0/s1. The van der Waals surface area contributed by atoms with E-state index >= 15 is 0 Å². The maximum Gasteiger partial charge on any atom is 0.327 e. The molecule has 1 aliphatic rings. The summed E-state index contributed by atoms with van der Waals surface area (Å²) in [6, 6.07) is 4.61. The number of amides is 4. The smallest absolute Gasteiger partial charge is 0.327 e. The third kappa shape index (κ3) is 4.41. The molecule has 0 unspecified atom stereocenters. The fraction of sp³-hybridized carbons (Fsp3) is 0.474. The van der Waals surface area contributed by atoms with Crippen molar-refractivity contribution < 1.29 is 28.7 Å². The number of esters is 1. The van der Waals surface area contributed by atoms with Crippen LogP contribution in [0.25, 0.3) is 0 Å². The van der Waals surface area contributed by atoms with E-state index in [1.165, 1.54) is 14.0 Å². The monoisotopic (exact) mass is 391 g/mol. The van der Waals surface area contributed by atoms with Gasteiger partial charge in [-0.15, -0.1) is 0 Å². The fourth-order valence-corrected chi connectivity index (χ4v) is 2.70. The molecule has 1 saturated heterocycles. The van der Waals surface area contributed by atoms with Crippen LogP contribution in [0.1, 0.15) is 32.8 Å². The van der Waals surface area contributed by atoms with Crippen LogP contribution >= 0.6 is 0 Å². The molecule has 1 aromatic carbocycles. The number of ether oxygens (including phenoxy) is 2. The quantitative estimate of drug-likeness (QED) is 0.539. The normalized spacial score (nSPS) is 19.8.